The molecule has 0 amide bonds. The first-order valence-corrected chi connectivity index (χ1v) is 6.60. The summed E-state index contributed by atoms with van der Waals surface area (Å²) in [6.07, 6.45) is 2.59. The molecule has 0 bridgehead atoms. The van der Waals surface area contributed by atoms with Crippen LogP contribution in [0.5, 0.6) is 0 Å². The van der Waals surface area contributed by atoms with Crippen LogP contribution in [0.1, 0.15) is 55.6 Å². The molecule has 2 unspecified atom stereocenters. The molecule has 1 saturated carbocycles. The fourth-order valence-corrected chi connectivity index (χ4v) is 2.77. The van der Waals surface area contributed by atoms with Crippen LogP contribution in [0.4, 0.5) is 0 Å². The Morgan fingerprint density at radius 1 is 1.39 bits per heavy atom. The zero-order valence-corrected chi connectivity index (χ0v) is 11.9. The summed E-state index contributed by atoms with van der Waals surface area (Å²) >= 11 is 0. The molecule has 0 aromatic carbocycles. The number of hydrogen-bond donors (Lipinski definition) is 0. The number of hydrogen-bond acceptors (Lipinski definition) is 3. The Morgan fingerprint density at radius 2 is 2.00 bits per heavy atom. The van der Waals surface area contributed by atoms with Crippen LogP contribution in [0.25, 0.3) is 0 Å². The van der Waals surface area contributed by atoms with E-state index in [9.17, 15) is 4.79 Å². The maximum absolute atomic E-state index is 11.7. The quantitative estimate of drug-likeness (QED) is 0.772. The topological polar surface area (TPSA) is 44.1 Å². The van der Waals surface area contributed by atoms with Gasteiger partial charge in [-0.25, -0.2) is 0 Å². The van der Waals surface area contributed by atoms with Crippen LogP contribution in [0, 0.1) is 19.8 Å². The van der Waals surface area contributed by atoms with Crippen LogP contribution in [0.3, 0.4) is 0 Å². The number of aryl methyl sites for hydroxylation is 1. The molecule has 1 aliphatic carbocycles. The third-order valence-electron chi connectivity index (χ3n) is 4.06. The number of nitrogens with zero attached hydrogens (tertiary/aromatic N) is 2. The second kappa shape index (κ2) is 4.75. The van der Waals surface area contributed by atoms with Crippen molar-refractivity contribution < 1.29 is 9.53 Å². The van der Waals surface area contributed by atoms with Crippen molar-refractivity contribution in [3.63, 3.8) is 0 Å². The minimum absolute atomic E-state index is 0.195. The summed E-state index contributed by atoms with van der Waals surface area (Å²) in [6.45, 7) is 8.12. The van der Waals surface area contributed by atoms with E-state index in [1.165, 1.54) is 20.0 Å². The summed E-state index contributed by atoms with van der Waals surface area (Å²) in [7, 11) is 1.43. The van der Waals surface area contributed by atoms with Gasteiger partial charge in [-0.3, -0.25) is 9.48 Å². The Kier molecular flexibility index (Phi) is 3.46. The van der Waals surface area contributed by atoms with Gasteiger partial charge in [0.15, 0.2) is 0 Å². The standard InChI is InChI=1S/C14H22N2O2/c1-8(14(17)18-5)13-9(2)15-16(11(13)4)10(3)12-6-7-12/h8,10,12H,6-7H2,1-5H3. The lowest BCUT2D eigenvalue weighted by atomic mass is 9.99. The normalized spacial score (nSPS) is 18.5. The number of aromatic nitrogens is 2. The molecule has 0 N–H and O–H groups in total. The van der Waals surface area contributed by atoms with E-state index in [0.29, 0.717) is 6.04 Å². The number of rotatable bonds is 4. The van der Waals surface area contributed by atoms with Gasteiger partial charge in [-0.1, -0.05) is 0 Å². The summed E-state index contributed by atoms with van der Waals surface area (Å²) in [5, 5.41) is 4.62. The molecule has 0 spiro atoms. The highest BCUT2D eigenvalue weighted by molar-refractivity contribution is 5.78. The smallest absolute Gasteiger partial charge is 0.312 e. The van der Waals surface area contributed by atoms with Crippen LogP contribution in [-0.4, -0.2) is 22.9 Å². The average Bonchev–Trinajstić information content (AvgIpc) is 3.14. The third kappa shape index (κ3) is 2.16. The van der Waals surface area contributed by atoms with Crippen molar-refractivity contribution in [3.05, 3.63) is 17.0 Å². The molecule has 1 fully saturated rings. The highest BCUT2D eigenvalue weighted by atomic mass is 16.5. The van der Waals surface area contributed by atoms with Gasteiger partial charge in [0.25, 0.3) is 0 Å². The summed E-state index contributed by atoms with van der Waals surface area (Å²) in [5.74, 6) is 0.319. The highest BCUT2D eigenvalue weighted by Crippen LogP contribution is 2.40. The molecule has 0 radical (unpaired) electrons. The maximum atomic E-state index is 11.7. The van der Waals surface area contributed by atoms with Crippen molar-refractivity contribution >= 4 is 5.97 Å². The second-order valence-corrected chi connectivity index (χ2v) is 5.35. The first kappa shape index (κ1) is 13.1. The Bertz CT molecular complexity index is 461. The molecule has 0 saturated heterocycles. The first-order valence-electron chi connectivity index (χ1n) is 6.60. The first-order chi connectivity index (χ1) is 8.47. The van der Waals surface area contributed by atoms with Crippen LogP contribution >= 0.6 is 0 Å². The van der Waals surface area contributed by atoms with Crippen LogP contribution in [0.2, 0.25) is 0 Å². The Labute approximate surface area is 108 Å². The van der Waals surface area contributed by atoms with Gasteiger partial charge in [-0.15, -0.1) is 0 Å². The average molecular weight is 250 g/mol. The molecule has 1 aromatic heterocycles. The molecule has 1 heterocycles. The van der Waals surface area contributed by atoms with Gasteiger partial charge in [0.2, 0.25) is 0 Å². The Balaban J connectivity index is 2.33. The number of carbonyl (C=O) groups is 1. The number of carbonyl (C=O) groups excluding carboxylic acids is 1. The van der Waals surface area contributed by atoms with E-state index in [0.717, 1.165) is 22.9 Å². The van der Waals surface area contributed by atoms with E-state index < -0.39 is 0 Å². The molecule has 0 aliphatic heterocycles. The number of methoxy groups -OCH3 is 1. The lowest BCUT2D eigenvalue weighted by Crippen LogP contribution is -2.14. The largest absolute Gasteiger partial charge is 0.469 e. The fraction of sp³-hybridized carbons (Fsp3) is 0.714. The van der Waals surface area contributed by atoms with Crippen molar-refractivity contribution in [1.82, 2.24) is 9.78 Å². The number of esters is 1. The van der Waals surface area contributed by atoms with E-state index in [1.54, 1.807) is 0 Å². The van der Waals surface area contributed by atoms with Gasteiger partial charge in [-0.2, -0.15) is 5.10 Å². The van der Waals surface area contributed by atoms with E-state index in [2.05, 4.69) is 16.7 Å². The zero-order valence-electron chi connectivity index (χ0n) is 11.9. The second-order valence-electron chi connectivity index (χ2n) is 5.35. The van der Waals surface area contributed by atoms with Gasteiger partial charge in [0, 0.05) is 11.3 Å². The molecule has 18 heavy (non-hydrogen) atoms. The SMILES string of the molecule is COC(=O)C(C)c1c(C)nn(C(C)C2CC2)c1C. The molecule has 2 atom stereocenters. The summed E-state index contributed by atoms with van der Waals surface area (Å²) in [6, 6.07) is 0.433. The van der Waals surface area contributed by atoms with Gasteiger partial charge >= 0.3 is 5.97 Å². The van der Waals surface area contributed by atoms with Crippen molar-refractivity contribution in [2.75, 3.05) is 7.11 Å². The van der Waals surface area contributed by atoms with Gasteiger partial charge in [0.1, 0.15) is 0 Å². The molecule has 1 aliphatic rings. The molecule has 1 aromatic rings. The summed E-state index contributed by atoms with van der Waals surface area (Å²) in [4.78, 5) is 11.7. The molecule has 4 nitrogen and oxygen atoms in total. The van der Waals surface area contributed by atoms with Crippen LogP contribution < -0.4 is 0 Å². The molecule has 2 rings (SSSR count). The van der Waals surface area contributed by atoms with Crippen molar-refractivity contribution in [3.8, 4) is 0 Å². The minimum atomic E-state index is -0.241. The van der Waals surface area contributed by atoms with Crippen molar-refractivity contribution in [2.24, 2.45) is 5.92 Å². The molecule has 4 heteroatoms. The predicted octanol–water partition coefficient (Wildman–Crippen LogP) is 2.75. The Morgan fingerprint density at radius 3 is 2.50 bits per heavy atom. The Hall–Kier alpha value is -1.32. The maximum Gasteiger partial charge on any atom is 0.312 e. The van der Waals surface area contributed by atoms with E-state index >= 15 is 0 Å². The lowest BCUT2D eigenvalue weighted by Gasteiger charge is -2.14. The van der Waals surface area contributed by atoms with Crippen molar-refractivity contribution in [1.29, 1.82) is 0 Å². The molecular weight excluding hydrogens is 228 g/mol. The monoisotopic (exact) mass is 250 g/mol. The third-order valence-corrected chi connectivity index (χ3v) is 4.06. The van der Waals surface area contributed by atoms with E-state index in [-0.39, 0.29) is 11.9 Å². The van der Waals surface area contributed by atoms with Gasteiger partial charge in [0.05, 0.1) is 24.8 Å². The summed E-state index contributed by atoms with van der Waals surface area (Å²) in [5.41, 5.74) is 3.07. The van der Waals surface area contributed by atoms with Crippen LogP contribution in [-0.2, 0) is 9.53 Å². The van der Waals surface area contributed by atoms with E-state index in [1.807, 2.05) is 20.8 Å². The highest BCUT2D eigenvalue weighted by Gasteiger charge is 2.32. The van der Waals surface area contributed by atoms with Gasteiger partial charge in [-0.05, 0) is 46.5 Å². The van der Waals surface area contributed by atoms with Crippen LogP contribution in [0.15, 0.2) is 0 Å². The van der Waals surface area contributed by atoms with E-state index in [4.69, 9.17) is 4.74 Å². The minimum Gasteiger partial charge on any atom is -0.469 e. The molecule has 100 valence electrons. The summed E-state index contributed by atoms with van der Waals surface area (Å²) < 4.78 is 6.92. The zero-order chi connectivity index (χ0) is 13.4. The predicted molar refractivity (Wildman–Crippen MR) is 69.6 cm³/mol. The fourth-order valence-electron chi connectivity index (χ4n) is 2.77. The lowest BCUT2D eigenvalue weighted by molar-refractivity contribution is -0.142. The van der Waals surface area contributed by atoms with Crippen molar-refractivity contribution in [2.45, 2.75) is 52.5 Å². The molecular formula is C14H22N2O2. The van der Waals surface area contributed by atoms with Gasteiger partial charge < -0.3 is 4.74 Å². The number of ether oxygens (including phenoxy) is 1.